The Morgan fingerprint density at radius 2 is 2.22 bits per heavy atom. The second kappa shape index (κ2) is 4.30. The molecule has 0 aliphatic heterocycles. The highest BCUT2D eigenvalue weighted by Gasteiger charge is 2.38. The molecule has 1 aromatic carbocycles. The average Bonchev–Trinajstić information content (AvgIpc) is 2.57. The van der Waals surface area contributed by atoms with Crippen LogP contribution in [0.1, 0.15) is 32.6 Å². The van der Waals surface area contributed by atoms with E-state index in [1.165, 1.54) is 6.42 Å². The number of H-pyrrole nitrogens is 1. The molecule has 18 heavy (non-hydrogen) atoms. The van der Waals surface area contributed by atoms with Gasteiger partial charge in [0.1, 0.15) is 5.82 Å². The van der Waals surface area contributed by atoms with Gasteiger partial charge in [-0.2, -0.15) is 0 Å². The zero-order valence-corrected chi connectivity index (χ0v) is 13.1. The van der Waals surface area contributed by atoms with Crippen molar-refractivity contribution in [1.82, 2.24) is 9.55 Å². The fourth-order valence-corrected chi connectivity index (χ4v) is 3.76. The maximum Gasteiger partial charge on any atom is 0.178 e. The summed E-state index contributed by atoms with van der Waals surface area (Å²) in [7, 11) is 0. The van der Waals surface area contributed by atoms with Crippen LogP contribution in [-0.4, -0.2) is 9.55 Å². The van der Waals surface area contributed by atoms with Crippen LogP contribution >= 0.6 is 34.8 Å². The molecule has 1 aromatic heterocycles. The van der Waals surface area contributed by atoms with Crippen LogP contribution in [0.2, 0.25) is 0 Å². The number of rotatable bonds is 2. The second-order valence-corrected chi connectivity index (χ2v) is 6.53. The summed E-state index contributed by atoms with van der Waals surface area (Å²) in [4.78, 5) is 3.21. The molecule has 5 heteroatoms. The molecule has 0 amide bonds. The Kier molecular flexibility index (Phi) is 3.01. The normalized spacial score (nSPS) is 17.9. The van der Waals surface area contributed by atoms with Gasteiger partial charge in [0.2, 0.25) is 0 Å². The highest BCUT2D eigenvalue weighted by Crippen LogP contribution is 2.44. The third-order valence-corrected chi connectivity index (χ3v) is 5.25. The van der Waals surface area contributed by atoms with Gasteiger partial charge in [0.05, 0.1) is 14.6 Å². The third kappa shape index (κ3) is 1.66. The van der Waals surface area contributed by atoms with Crippen molar-refractivity contribution in [2.45, 2.75) is 38.1 Å². The van der Waals surface area contributed by atoms with E-state index >= 15 is 0 Å². The lowest BCUT2D eigenvalue weighted by atomic mass is 9.74. The van der Waals surface area contributed by atoms with E-state index in [1.54, 1.807) is 6.07 Å². The van der Waals surface area contributed by atoms with Crippen LogP contribution in [0.4, 0.5) is 4.39 Å². The fourth-order valence-electron chi connectivity index (χ4n) is 2.89. The van der Waals surface area contributed by atoms with Crippen molar-refractivity contribution >= 4 is 45.8 Å². The molecule has 1 N–H and O–H groups in total. The SMILES string of the molecule is CCC1(n2c(=S)[nH]c3cc(I)c(F)cc32)CCC1. The third-order valence-electron chi connectivity index (χ3n) is 4.14. The fraction of sp³-hybridized carbons (Fsp3) is 0.462. The van der Waals surface area contributed by atoms with Crippen molar-refractivity contribution in [3.63, 3.8) is 0 Å². The first-order chi connectivity index (χ1) is 8.57. The Morgan fingerprint density at radius 3 is 2.78 bits per heavy atom. The van der Waals surface area contributed by atoms with Gasteiger partial charge < -0.3 is 9.55 Å². The number of nitrogens with zero attached hydrogens (tertiary/aromatic N) is 1. The van der Waals surface area contributed by atoms with Crippen molar-refractivity contribution in [3.05, 3.63) is 26.3 Å². The van der Waals surface area contributed by atoms with Crippen LogP contribution in [0.15, 0.2) is 12.1 Å². The van der Waals surface area contributed by atoms with Crippen molar-refractivity contribution in [2.75, 3.05) is 0 Å². The van der Waals surface area contributed by atoms with Gasteiger partial charge in [-0.3, -0.25) is 0 Å². The predicted octanol–water partition coefficient (Wildman–Crippen LogP) is 4.73. The molecule has 1 fully saturated rings. The number of benzene rings is 1. The Balaban J connectivity index is 2.32. The van der Waals surface area contributed by atoms with Crippen molar-refractivity contribution in [3.8, 4) is 0 Å². The maximum absolute atomic E-state index is 13.8. The molecule has 1 aliphatic rings. The molecular formula is C13H14FIN2S. The molecule has 0 saturated heterocycles. The Bertz CT molecular complexity index is 664. The number of nitrogens with one attached hydrogen (secondary N) is 1. The van der Waals surface area contributed by atoms with Crippen LogP contribution in [0.3, 0.4) is 0 Å². The van der Waals surface area contributed by atoms with Gasteiger partial charge in [-0.1, -0.05) is 6.92 Å². The molecule has 0 bridgehead atoms. The van der Waals surface area contributed by atoms with E-state index in [2.05, 4.69) is 16.5 Å². The molecule has 0 unspecified atom stereocenters. The average molecular weight is 376 g/mol. The molecular weight excluding hydrogens is 362 g/mol. The molecule has 1 heterocycles. The topological polar surface area (TPSA) is 20.7 Å². The number of hydrogen-bond acceptors (Lipinski definition) is 1. The van der Waals surface area contributed by atoms with Crippen molar-refractivity contribution < 1.29 is 4.39 Å². The van der Waals surface area contributed by atoms with E-state index in [4.69, 9.17) is 12.2 Å². The van der Waals surface area contributed by atoms with Gasteiger partial charge >= 0.3 is 0 Å². The van der Waals surface area contributed by atoms with Gasteiger partial charge in [-0.15, -0.1) is 0 Å². The number of imidazole rings is 1. The highest BCUT2D eigenvalue weighted by atomic mass is 127. The minimum atomic E-state index is -0.170. The Morgan fingerprint density at radius 1 is 1.50 bits per heavy atom. The van der Waals surface area contributed by atoms with Crippen LogP contribution in [0, 0.1) is 14.2 Å². The summed E-state index contributed by atoms with van der Waals surface area (Å²) in [5, 5.41) is 0. The van der Waals surface area contributed by atoms with E-state index in [-0.39, 0.29) is 11.4 Å². The van der Waals surface area contributed by atoms with Gasteiger partial charge in [-0.05, 0) is 66.6 Å². The standard InChI is InChI=1S/C13H14FIN2S/c1-2-13(4-3-5-13)17-11-6-8(14)9(15)7-10(11)16-12(17)18/h6-7H,2-5H2,1H3,(H,16,18). The van der Waals surface area contributed by atoms with E-state index in [9.17, 15) is 4.39 Å². The monoisotopic (exact) mass is 376 g/mol. The molecule has 0 radical (unpaired) electrons. The van der Waals surface area contributed by atoms with Crippen LogP contribution in [-0.2, 0) is 5.54 Å². The number of hydrogen-bond donors (Lipinski definition) is 1. The summed E-state index contributed by atoms with van der Waals surface area (Å²) < 4.78 is 17.3. The number of aromatic amines is 1. The molecule has 96 valence electrons. The predicted molar refractivity (Wildman–Crippen MR) is 81.9 cm³/mol. The Labute approximate surface area is 124 Å². The zero-order valence-electron chi connectivity index (χ0n) is 10.1. The lowest BCUT2D eigenvalue weighted by Gasteiger charge is -2.43. The van der Waals surface area contributed by atoms with E-state index in [0.29, 0.717) is 8.34 Å². The summed E-state index contributed by atoms with van der Waals surface area (Å²) in [6, 6.07) is 3.44. The van der Waals surface area contributed by atoms with Crippen LogP contribution < -0.4 is 0 Å². The molecule has 3 rings (SSSR count). The molecule has 1 saturated carbocycles. The summed E-state index contributed by atoms with van der Waals surface area (Å²) in [5.41, 5.74) is 1.94. The zero-order chi connectivity index (χ0) is 12.9. The largest absolute Gasteiger partial charge is 0.331 e. The minimum Gasteiger partial charge on any atom is -0.331 e. The minimum absolute atomic E-state index is 0.106. The Hall–Kier alpha value is -0.430. The van der Waals surface area contributed by atoms with Crippen LogP contribution in [0.25, 0.3) is 11.0 Å². The first-order valence-corrected chi connectivity index (χ1v) is 7.66. The molecule has 0 atom stereocenters. The summed E-state index contributed by atoms with van der Waals surface area (Å²) >= 11 is 7.45. The number of halogens is 2. The van der Waals surface area contributed by atoms with E-state index in [0.717, 1.165) is 30.3 Å². The van der Waals surface area contributed by atoms with Crippen LogP contribution in [0.5, 0.6) is 0 Å². The maximum atomic E-state index is 13.8. The lowest BCUT2D eigenvalue weighted by Crippen LogP contribution is -2.39. The van der Waals surface area contributed by atoms with E-state index < -0.39 is 0 Å². The van der Waals surface area contributed by atoms with Crippen molar-refractivity contribution in [1.29, 1.82) is 0 Å². The second-order valence-electron chi connectivity index (χ2n) is 4.98. The smallest absolute Gasteiger partial charge is 0.178 e. The first kappa shape index (κ1) is 12.6. The number of aromatic nitrogens is 2. The molecule has 0 spiro atoms. The molecule has 1 aliphatic carbocycles. The summed E-state index contributed by atoms with van der Waals surface area (Å²) in [6.07, 6.45) is 4.55. The number of fused-ring (bicyclic) bond motifs is 1. The van der Waals surface area contributed by atoms with E-state index in [1.807, 2.05) is 28.7 Å². The quantitative estimate of drug-likeness (QED) is 0.594. The van der Waals surface area contributed by atoms with Gasteiger partial charge in [0.25, 0.3) is 0 Å². The highest BCUT2D eigenvalue weighted by molar-refractivity contribution is 14.1. The molecule has 2 nitrogen and oxygen atoms in total. The first-order valence-electron chi connectivity index (χ1n) is 6.18. The summed E-state index contributed by atoms with van der Waals surface area (Å²) in [6.45, 7) is 2.18. The molecule has 2 aromatic rings. The summed E-state index contributed by atoms with van der Waals surface area (Å²) in [5.74, 6) is -0.170. The van der Waals surface area contributed by atoms with Gasteiger partial charge in [0.15, 0.2) is 4.77 Å². The van der Waals surface area contributed by atoms with Gasteiger partial charge in [0, 0.05) is 11.6 Å². The van der Waals surface area contributed by atoms with Gasteiger partial charge in [-0.25, -0.2) is 4.39 Å². The van der Waals surface area contributed by atoms with Crippen molar-refractivity contribution in [2.24, 2.45) is 0 Å². The lowest BCUT2D eigenvalue weighted by molar-refractivity contribution is 0.140.